The van der Waals surface area contributed by atoms with Crippen LogP contribution in [-0.2, 0) is 0 Å². The maximum atomic E-state index is 12.4. The molecule has 1 aliphatic heterocycles. The number of nitrogens with zero attached hydrogens (tertiary/aromatic N) is 1. The SMILES string of the molecule is O=C(c1ccc(NCC2CCCCC2)cc1)N1CCCCC1. The van der Waals surface area contributed by atoms with E-state index < -0.39 is 0 Å². The highest BCUT2D eigenvalue weighted by Crippen LogP contribution is 2.24. The van der Waals surface area contributed by atoms with Gasteiger partial charge < -0.3 is 10.2 Å². The van der Waals surface area contributed by atoms with Gasteiger partial charge >= 0.3 is 0 Å². The predicted molar refractivity (Wildman–Crippen MR) is 91.3 cm³/mol. The highest BCUT2D eigenvalue weighted by Gasteiger charge is 2.18. The minimum atomic E-state index is 0.193. The molecule has 1 saturated heterocycles. The van der Waals surface area contributed by atoms with Gasteiger partial charge in [-0.25, -0.2) is 0 Å². The summed E-state index contributed by atoms with van der Waals surface area (Å²) in [7, 11) is 0. The van der Waals surface area contributed by atoms with Crippen LogP contribution in [0.5, 0.6) is 0 Å². The number of piperidine rings is 1. The van der Waals surface area contributed by atoms with Crippen LogP contribution in [0.1, 0.15) is 61.7 Å². The predicted octanol–water partition coefficient (Wildman–Crippen LogP) is 4.30. The van der Waals surface area contributed by atoms with Crippen LogP contribution in [0.2, 0.25) is 0 Å². The largest absolute Gasteiger partial charge is 0.385 e. The molecule has 1 heterocycles. The van der Waals surface area contributed by atoms with Gasteiger partial charge in [-0.1, -0.05) is 19.3 Å². The average molecular weight is 300 g/mol. The number of likely N-dealkylation sites (tertiary alicyclic amines) is 1. The lowest BCUT2D eigenvalue weighted by atomic mass is 9.89. The van der Waals surface area contributed by atoms with Crippen molar-refractivity contribution in [2.75, 3.05) is 25.0 Å². The molecule has 1 aromatic carbocycles. The third-order valence-corrected chi connectivity index (χ3v) is 5.09. The molecule has 3 rings (SSSR count). The zero-order valence-electron chi connectivity index (χ0n) is 13.5. The number of benzene rings is 1. The van der Waals surface area contributed by atoms with Crippen molar-refractivity contribution in [3.05, 3.63) is 29.8 Å². The topological polar surface area (TPSA) is 32.3 Å². The number of anilines is 1. The number of hydrogen-bond donors (Lipinski definition) is 1. The van der Waals surface area contributed by atoms with Gasteiger partial charge in [0.2, 0.25) is 0 Å². The number of hydrogen-bond acceptors (Lipinski definition) is 2. The molecule has 22 heavy (non-hydrogen) atoms. The zero-order valence-corrected chi connectivity index (χ0v) is 13.5. The van der Waals surface area contributed by atoms with Gasteiger partial charge in [0.15, 0.2) is 0 Å². The van der Waals surface area contributed by atoms with Gasteiger partial charge in [0.1, 0.15) is 0 Å². The maximum Gasteiger partial charge on any atom is 0.253 e. The Kier molecular flexibility index (Phi) is 5.36. The average Bonchev–Trinajstić information content (AvgIpc) is 2.61. The Labute approximate surface area is 134 Å². The molecule has 1 N–H and O–H groups in total. The van der Waals surface area contributed by atoms with Crippen LogP contribution in [-0.4, -0.2) is 30.4 Å². The lowest BCUT2D eigenvalue weighted by molar-refractivity contribution is 0.0724. The van der Waals surface area contributed by atoms with Gasteiger partial charge in [-0.05, 0) is 62.3 Å². The first-order valence-electron chi connectivity index (χ1n) is 8.96. The smallest absolute Gasteiger partial charge is 0.253 e. The minimum absolute atomic E-state index is 0.193. The summed E-state index contributed by atoms with van der Waals surface area (Å²) >= 11 is 0. The molecule has 2 aliphatic rings. The van der Waals surface area contributed by atoms with E-state index >= 15 is 0 Å². The summed E-state index contributed by atoms with van der Waals surface area (Å²) < 4.78 is 0. The molecular weight excluding hydrogens is 272 g/mol. The van der Waals surface area contributed by atoms with E-state index in [1.54, 1.807) is 0 Å². The Morgan fingerprint density at radius 1 is 0.955 bits per heavy atom. The van der Waals surface area contributed by atoms with Crippen molar-refractivity contribution in [2.45, 2.75) is 51.4 Å². The third kappa shape index (κ3) is 4.02. The third-order valence-electron chi connectivity index (χ3n) is 5.09. The Balaban J connectivity index is 1.51. The van der Waals surface area contributed by atoms with Crippen molar-refractivity contribution in [2.24, 2.45) is 5.92 Å². The molecule has 1 aromatic rings. The summed E-state index contributed by atoms with van der Waals surface area (Å²) in [6.45, 7) is 2.90. The van der Waals surface area contributed by atoms with E-state index in [2.05, 4.69) is 17.4 Å². The van der Waals surface area contributed by atoms with Crippen molar-refractivity contribution < 1.29 is 4.79 Å². The van der Waals surface area contributed by atoms with Crippen molar-refractivity contribution >= 4 is 11.6 Å². The number of carbonyl (C=O) groups excluding carboxylic acids is 1. The summed E-state index contributed by atoms with van der Waals surface area (Å²) in [5.74, 6) is 1.02. The molecule has 0 spiro atoms. The maximum absolute atomic E-state index is 12.4. The number of carbonyl (C=O) groups is 1. The number of rotatable bonds is 4. The standard InChI is InChI=1S/C19H28N2O/c22-19(21-13-5-2-6-14-21)17-9-11-18(12-10-17)20-15-16-7-3-1-4-8-16/h9-12,16,20H,1-8,13-15H2. The Morgan fingerprint density at radius 3 is 2.27 bits per heavy atom. The van der Waals surface area contributed by atoms with Crippen LogP contribution in [0.3, 0.4) is 0 Å². The fourth-order valence-electron chi connectivity index (χ4n) is 3.66. The normalized spacial score (nSPS) is 19.9. The van der Waals surface area contributed by atoms with Gasteiger partial charge in [-0.2, -0.15) is 0 Å². The molecule has 1 amide bonds. The molecular formula is C19H28N2O. The van der Waals surface area contributed by atoms with Crippen LogP contribution < -0.4 is 5.32 Å². The summed E-state index contributed by atoms with van der Waals surface area (Å²) in [5.41, 5.74) is 1.96. The monoisotopic (exact) mass is 300 g/mol. The summed E-state index contributed by atoms with van der Waals surface area (Å²) in [5, 5.41) is 3.54. The second kappa shape index (κ2) is 7.66. The van der Waals surface area contributed by atoms with E-state index in [4.69, 9.17) is 0 Å². The quantitative estimate of drug-likeness (QED) is 0.899. The lowest BCUT2D eigenvalue weighted by Gasteiger charge is -2.26. The van der Waals surface area contributed by atoms with Crippen molar-refractivity contribution in [1.82, 2.24) is 4.90 Å². The van der Waals surface area contributed by atoms with Gasteiger partial charge in [0.05, 0.1) is 0 Å². The van der Waals surface area contributed by atoms with Crippen molar-refractivity contribution in [3.8, 4) is 0 Å². The molecule has 1 aliphatic carbocycles. The van der Waals surface area contributed by atoms with Crippen LogP contribution in [0.25, 0.3) is 0 Å². The molecule has 120 valence electrons. The fraction of sp³-hybridized carbons (Fsp3) is 0.632. The van der Waals surface area contributed by atoms with Gasteiger partial charge in [-0.15, -0.1) is 0 Å². The summed E-state index contributed by atoms with van der Waals surface area (Å²) in [6.07, 6.45) is 10.4. The first-order valence-corrected chi connectivity index (χ1v) is 8.96. The molecule has 0 bridgehead atoms. The second-order valence-corrected chi connectivity index (χ2v) is 6.82. The van der Waals surface area contributed by atoms with Gasteiger partial charge in [0.25, 0.3) is 5.91 Å². The van der Waals surface area contributed by atoms with Crippen molar-refractivity contribution in [3.63, 3.8) is 0 Å². The highest BCUT2D eigenvalue weighted by molar-refractivity contribution is 5.94. The molecule has 0 unspecified atom stereocenters. The molecule has 2 fully saturated rings. The van der Waals surface area contributed by atoms with E-state index in [-0.39, 0.29) is 5.91 Å². The molecule has 0 atom stereocenters. The van der Waals surface area contributed by atoms with E-state index in [1.807, 2.05) is 17.0 Å². The van der Waals surface area contributed by atoms with Crippen LogP contribution in [0.4, 0.5) is 5.69 Å². The van der Waals surface area contributed by atoms with Crippen LogP contribution in [0, 0.1) is 5.92 Å². The lowest BCUT2D eigenvalue weighted by Crippen LogP contribution is -2.35. The summed E-state index contributed by atoms with van der Waals surface area (Å²) in [4.78, 5) is 14.4. The highest BCUT2D eigenvalue weighted by atomic mass is 16.2. The summed E-state index contributed by atoms with van der Waals surface area (Å²) in [6, 6.07) is 8.06. The zero-order chi connectivity index (χ0) is 15.2. The van der Waals surface area contributed by atoms with Crippen LogP contribution in [0.15, 0.2) is 24.3 Å². The Hall–Kier alpha value is -1.51. The molecule has 0 radical (unpaired) electrons. The molecule has 0 aromatic heterocycles. The first-order chi connectivity index (χ1) is 10.8. The van der Waals surface area contributed by atoms with Gasteiger partial charge in [0, 0.05) is 30.9 Å². The van der Waals surface area contributed by atoms with E-state index in [0.29, 0.717) is 0 Å². The molecule has 3 nitrogen and oxygen atoms in total. The van der Waals surface area contributed by atoms with Gasteiger partial charge in [-0.3, -0.25) is 4.79 Å². The molecule has 3 heteroatoms. The Morgan fingerprint density at radius 2 is 1.59 bits per heavy atom. The van der Waals surface area contributed by atoms with Crippen molar-refractivity contribution in [1.29, 1.82) is 0 Å². The minimum Gasteiger partial charge on any atom is -0.385 e. The number of amides is 1. The first kappa shape index (κ1) is 15.4. The second-order valence-electron chi connectivity index (χ2n) is 6.82. The molecule has 1 saturated carbocycles. The Bertz CT molecular complexity index is 471. The van der Waals surface area contributed by atoms with E-state index in [0.717, 1.165) is 49.6 Å². The van der Waals surface area contributed by atoms with Crippen LogP contribution >= 0.6 is 0 Å². The van der Waals surface area contributed by atoms with E-state index in [9.17, 15) is 4.79 Å². The fourth-order valence-corrected chi connectivity index (χ4v) is 3.66. The van der Waals surface area contributed by atoms with E-state index in [1.165, 1.54) is 38.5 Å². The number of nitrogens with one attached hydrogen (secondary N) is 1.